The number of anilines is 1. The second-order valence-corrected chi connectivity index (χ2v) is 5.50. The summed E-state index contributed by atoms with van der Waals surface area (Å²) in [5.41, 5.74) is 0.896. The highest BCUT2D eigenvalue weighted by Crippen LogP contribution is 2.30. The van der Waals surface area contributed by atoms with E-state index < -0.39 is 6.10 Å². The number of rotatable bonds is 4. The van der Waals surface area contributed by atoms with Crippen LogP contribution in [0.1, 0.15) is 35.1 Å². The first-order valence-corrected chi connectivity index (χ1v) is 6.71. The number of aliphatic hydroxyl groups is 1. The van der Waals surface area contributed by atoms with E-state index in [1.807, 2.05) is 37.9 Å². The molecule has 0 aliphatic rings. The minimum Gasteiger partial charge on any atom is -0.464 e. The molecule has 0 aliphatic carbocycles. The van der Waals surface area contributed by atoms with Gasteiger partial charge in [-0.05, 0) is 32.9 Å². The summed E-state index contributed by atoms with van der Waals surface area (Å²) in [6, 6.07) is 3.93. The number of hydrogen-bond acceptors (Lipinski definition) is 5. The van der Waals surface area contributed by atoms with E-state index in [0.717, 1.165) is 27.2 Å². The van der Waals surface area contributed by atoms with Gasteiger partial charge < -0.3 is 14.4 Å². The summed E-state index contributed by atoms with van der Waals surface area (Å²) in [6.45, 7) is 6.30. The van der Waals surface area contributed by atoms with Gasteiger partial charge in [-0.1, -0.05) is 11.3 Å². The third-order valence-electron chi connectivity index (χ3n) is 2.72. The predicted octanol–water partition coefficient (Wildman–Crippen LogP) is 3.04. The summed E-state index contributed by atoms with van der Waals surface area (Å²) >= 11 is 1.52. The first-order valence-electron chi connectivity index (χ1n) is 5.89. The third kappa shape index (κ3) is 2.73. The van der Waals surface area contributed by atoms with Crippen LogP contribution < -0.4 is 4.90 Å². The lowest BCUT2D eigenvalue weighted by Crippen LogP contribution is -2.15. The largest absolute Gasteiger partial charge is 0.464 e. The van der Waals surface area contributed by atoms with Crippen LogP contribution in [0.15, 0.2) is 16.5 Å². The Morgan fingerprint density at radius 1 is 1.44 bits per heavy atom. The van der Waals surface area contributed by atoms with Crippen LogP contribution in [0.4, 0.5) is 5.13 Å². The van der Waals surface area contributed by atoms with E-state index in [9.17, 15) is 5.11 Å². The Morgan fingerprint density at radius 2 is 2.17 bits per heavy atom. The maximum atomic E-state index is 9.63. The highest BCUT2D eigenvalue weighted by Gasteiger charge is 2.15. The van der Waals surface area contributed by atoms with Crippen LogP contribution in [0.2, 0.25) is 0 Å². The molecule has 0 saturated heterocycles. The lowest BCUT2D eigenvalue weighted by Gasteiger charge is -2.13. The molecule has 1 N–H and O–H groups in total. The maximum absolute atomic E-state index is 9.63. The van der Waals surface area contributed by atoms with Crippen molar-refractivity contribution < 1.29 is 9.52 Å². The molecule has 1 unspecified atom stereocenters. The summed E-state index contributed by atoms with van der Waals surface area (Å²) in [4.78, 5) is 7.43. The molecule has 0 amide bonds. The maximum Gasteiger partial charge on any atom is 0.186 e. The van der Waals surface area contributed by atoms with Crippen LogP contribution in [0.3, 0.4) is 0 Å². The van der Waals surface area contributed by atoms with Gasteiger partial charge in [0.25, 0.3) is 0 Å². The van der Waals surface area contributed by atoms with Crippen molar-refractivity contribution in [2.24, 2.45) is 0 Å². The van der Waals surface area contributed by atoms with Gasteiger partial charge in [-0.3, -0.25) is 0 Å². The van der Waals surface area contributed by atoms with E-state index in [1.165, 1.54) is 11.3 Å². The fraction of sp³-hybridized carbons (Fsp3) is 0.462. The van der Waals surface area contributed by atoms with Gasteiger partial charge >= 0.3 is 0 Å². The molecule has 2 heterocycles. The van der Waals surface area contributed by atoms with E-state index in [1.54, 1.807) is 6.92 Å². The minimum absolute atomic E-state index is 0.462. The van der Waals surface area contributed by atoms with Crippen LogP contribution in [0.5, 0.6) is 0 Å². The van der Waals surface area contributed by atoms with Crippen LogP contribution in [0, 0.1) is 13.8 Å². The average molecular weight is 266 g/mol. The van der Waals surface area contributed by atoms with Crippen LogP contribution in [0.25, 0.3) is 0 Å². The second kappa shape index (κ2) is 5.12. The van der Waals surface area contributed by atoms with Crippen molar-refractivity contribution in [3.05, 3.63) is 34.2 Å². The summed E-state index contributed by atoms with van der Waals surface area (Å²) < 4.78 is 5.55. The van der Waals surface area contributed by atoms with E-state index in [-0.39, 0.29) is 0 Å². The van der Waals surface area contributed by atoms with Gasteiger partial charge in [-0.25, -0.2) is 4.98 Å². The Morgan fingerprint density at radius 3 is 2.67 bits per heavy atom. The quantitative estimate of drug-likeness (QED) is 0.924. The lowest BCUT2D eigenvalue weighted by molar-refractivity contribution is 0.202. The highest BCUT2D eigenvalue weighted by atomic mass is 32.1. The number of aliphatic hydroxyl groups excluding tert-OH is 1. The fourth-order valence-electron chi connectivity index (χ4n) is 1.82. The molecule has 0 bridgehead atoms. The first kappa shape index (κ1) is 13.1. The number of aromatic nitrogens is 1. The average Bonchev–Trinajstić information content (AvgIpc) is 2.85. The van der Waals surface area contributed by atoms with Gasteiger partial charge in [0.05, 0.1) is 23.2 Å². The number of nitrogens with zero attached hydrogens (tertiary/aromatic N) is 2. The molecule has 98 valence electrons. The van der Waals surface area contributed by atoms with Crippen molar-refractivity contribution >= 4 is 16.5 Å². The Labute approximate surface area is 111 Å². The van der Waals surface area contributed by atoms with Gasteiger partial charge in [0.15, 0.2) is 5.13 Å². The zero-order chi connectivity index (χ0) is 13.3. The number of furan rings is 1. The summed E-state index contributed by atoms with van der Waals surface area (Å²) in [5.74, 6) is 1.83. The monoisotopic (exact) mass is 266 g/mol. The van der Waals surface area contributed by atoms with Crippen LogP contribution in [-0.2, 0) is 6.54 Å². The molecule has 0 saturated carbocycles. The molecular weight excluding hydrogens is 248 g/mol. The number of aryl methyl sites for hydroxylation is 2. The zero-order valence-electron chi connectivity index (χ0n) is 11.1. The second-order valence-electron chi connectivity index (χ2n) is 4.49. The minimum atomic E-state index is -0.462. The SMILES string of the molecule is Cc1ccc(CN(C)c2nc(C)c(C(C)O)s2)o1. The molecule has 0 aromatic carbocycles. The molecule has 4 nitrogen and oxygen atoms in total. The molecule has 18 heavy (non-hydrogen) atoms. The van der Waals surface area contributed by atoms with Gasteiger partial charge in [-0.2, -0.15) is 0 Å². The van der Waals surface area contributed by atoms with Crippen molar-refractivity contribution in [2.45, 2.75) is 33.4 Å². The predicted molar refractivity (Wildman–Crippen MR) is 73.0 cm³/mol. The highest BCUT2D eigenvalue weighted by molar-refractivity contribution is 7.15. The van der Waals surface area contributed by atoms with Gasteiger partial charge in [0.2, 0.25) is 0 Å². The molecule has 0 radical (unpaired) electrons. The van der Waals surface area contributed by atoms with Crippen molar-refractivity contribution in [1.29, 1.82) is 0 Å². The van der Waals surface area contributed by atoms with E-state index in [2.05, 4.69) is 4.98 Å². The first-order chi connectivity index (χ1) is 8.47. The molecule has 0 fully saturated rings. The third-order valence-corrected chi connectivity index (χ3v) is 4.16. The molecule has 2 aromatic heterocycles. The molecule has 0 aliphatic heterocycles. The smallest absolute Gasteiger partial charge is 0.186 e. The standard InChI is InChI=1S/C13H18N2O2S/c1-8-5-6-11(17-8)7-15(4)13-14-9(2)12(18-13)10(3)16/h5-6,10,16H,7H2,1-4H3. The van der Waals surface area contributed by atoms with Gasteiger partial charge in [0.1, 0.15) is 11.5 Å². The Bertz CT molecular complexity index is 531. The molecule has 2 aromatic rings. The normalized spacial score (nSPS) is 12.7. The van der Waals surface area contributed by atoms with Crippen LogP contribution >= 0.6 is 11.3 Å². The molecule has 0 spiro atoms. The fourth-order valence-corrected chi connectivity index (χ4v) is 2.78. The van der Waals surface area contributed by atoms with Gasteiger partial charge in [0, 0.05) is 7.05 Å². The van der Waals surface area contributed by atoms with Crippen molar-refractivity contribution in [1.82, 2.24) is 4.98 Å². The Balaban J connectivity index is 2.13. The van der Waals surface area contributed by atoms with Crippen LogP contribution in [-0.4, -0.2) is 17.1 Å². The lowest BCUT2D eigenvalue weighted by atomic mass is 10.3. The molecule has 1 atom stereocenters. The Hall–Kier alpha value is -1.33. The van der Waals surface area contributed by atoms with Crippen molar-refractivity contribution in [3.8, 4) is 0 Å². The Kier molecular flexibility index (Phi) is 3.73. The summed E-state index contributed by atoms with van der Waals surface area (Å²) in [6.07, 6.45) is -0.462. The number of hydrogen-bond donors (Lipinski definition) is 1. The van der Waals surface area contributed by atoms with Crippen molar-refractivity contribution in [3.63, 3.8) is 0 Å². The molecule has 2 rings (SSSR count). The van der Waals surface area contributed by atoms with E-state index in [4.69, 9.17) is 4.42 Å². The molecule has 5 heteroatoms. The van der Waals surface area contributed by atoms with Gasteiger partial charge in [-0.15, -0.1) is 0 Å². The number of thiazole rings is 1. The van der Waals surface area contributed by atoms with E-state index >= 15 is 0 Å². The summed E-state index contributed by atoms with van der Waals surface area (Å²) in [7, 11) is 1.97. The molecular formula is C13H18N2O2S. The summed E-state index contributed by atoms with van der Waals surface area (Å²) in [5, 5.41) is 10.5. The topological polar surface area (TPSA) is 49.5 Å². The van der Waals surface area contributed by atoms with E-state index in [0.29, 0.717) is 6.54 Å². The van der Waals surface area contributed by atoms with Crippen molar-refractivity contribution in [2.75, 3.05) is 11.9 Å². The zero-order valence-corrected chi connectivity index (χ0v) is 11.9.